The van der Waals surface area contributed by atoms with E-state index in [1.54, 1.807) is 10.4 Å². The Bertz CT molecular complexity index is 1430. The fraction of sp³-hybridized carbons (Fsp3) is 0.417. The number of piperidine rings is 1. The van der Waals surface area contributed by atoms with E-state index in [2.05, 4.69) is 31.5 Å². The third-order valence-electron chi connectivity index (χ3n) is 7.23. The van der Waals surface area contributed by atoms with E-state index in [1.807, 2.05) is 31.3 Å². The molecule has 0 spiro atoms. The number of para-hydroxylation sites is 1. The molecule has 6 rings (SSSR count). The lowest BCUT2D eigenvalue weighted by atomic mass is 9.97. The van der Waals surface area contributed by atoms with Gasteiger partial charge in [-0.25, -0.2) is 8.42 Å². The first-order valence-electron chi connectivity index (χ1n) is 11.4. The first kappa shape index (κ1) is 19.9. The number of fused-ring (bicyclic) bond motifs is 4. The summed E-state index contributed by atoms with van der Waals surface area (Å²) in [6, 6.07) is 13.6. The van der Waals surface area contributed by atoms with Gasteiger partial charge in [-0.05, 0) is 49.9 Å². The molecular weight excluding hydrogens is 422 g/mol. The molecule has 0 amide bonds. The molecule has 2 aliphatic rings. The van der Waals surface area contributed by atoms with Crippen molar-refractivity contribution in [3.8, 4) is 0 Å². The van der Waals surface area contributed by atoms with Crippen LogP contribution >= 0.6 is 0 Å². The van der Waals surface area contributed by atoms with Gasteiger partial charge in [0.2, 0.25) is 10.0 Å². The molecule has 8 heteroatoms. The molecule has 0 bridgehead atoms. The van der Waals surface area contributed by atoms with Crippen molar-refractivity contribution in [2.75, 3.05) is 13.1 Å². The van der Waals surface area contributed by atoms with Gasteiger partial charge in [-0.15, -0.1) is 10.2 Å². The SMILES string of the molecule is Cn1c2ccccc2c2cc(S(=O)(=O)N3CCC(c4nnc5n4CCCC5)CC3)ccc21. The fourth-order valence-corrected chi connectivity index (χ4v) is 6.94. The van der Waals surface area contributed by atoms with Gasteiger partial charge in [-0.1, -0.05) is 18.2 Å². The quantitative estimate of drug-likeness (QED) is 0.477. The largest absolute Gasteiger partial charge is 0.344 e. The van der Waals surface area contributed by atoms with E-state index in [9.17, 15) is 8.42 Å². The molecule has 32 heavy (non-hydrogen) atoms. The monoisotopic (exact) mass is 449 g/mol. The zero-order valence-corrected chi connectivity index (χ0v) is 19.1. The van der Waals surface area contributed by atoms with Crippen LogP contribution in [-0.2, 0) is 30.0 Å². The molecule has 2 aromatic heterocycles. The zero-order chi connectivity index (χ0) is 21.9. The second-order valence-corrected chi connectivity index (χ2v) is 11.0. The lowest BCUT2D eigenvalue weighted by Crippen LogP contribution is -2.38. The Hall–Kier alpha value is -2.71. The molecule has 1 fully saturated rings. The molecule has 4 aromatic rings. The van der Waals surface area contributed by atoms with Crippen molar-refractivity contribution in [1.29, 1.82) is 0 Å². The number of nitrogens with zero attached hydrogens (tertiary/aromatic N) is 5. The van der Waals surface area contributed by atoms with E-state index < -0.39 is 10.0 Å². The topological polar surface area (TPSA) is 73.0 Å². The average molecular weight is 450 g/mol. The van der Waals surface area contributed by atoms with Crippen LogP contribution < -0.4 is 0 Å². The Labute approximate surface area is 187 Å². The Balaban J connectivity index is 1.27. The molecule has 7 nitrogen and oxygen atoms in total. The summed E-state index contributed by atoms with van der Waals surface area (Å²) in [5.41, 5.74) is 2.15. The zero-order valence-electron chi connectivity index (χ0n) is 18.2. The first-order valence-corrected chi connectivity index (χ1v) is 12.9. The van der Waals surface area contributed by atoms with Gasteiger partial charge in [0.05, 0.1) is 4.90 Å². The smallest absolute Gasteiger partial charge is 0.243 e. The highest BCUT2D eigenvalue weighted by Gasteiger charge is 2.33. The lowest BCUT2D eigenvalue weighted by molar-refractivity contribution is 0.307. The third-order valence-corrected chi connectivity index (χ3v) is 9.12. The van der Waals surface area contributed by atoms with Crippen molar-refractivity contribution >= 4 is 31.8 Å². The van der Waals surface area contributed by atoms with Gasteiger partial charge in [-0.2, -0.15) is 4.31 Å². The maximum atomic E-state index is 13.5. The molecule has 0 radical (unpaired) electrons. The summed E-state index contributed by atoms with van der Waals surface area (Å²) in [6.07, 6.45) is 4.91. The lowest BCUT2D eigenvalue weighted by Gasteiger charge is -2.31. The van der Waals surface area contributed by atoms with E-state index in [-0.39, 0.29) is 5.92 Å². The van der Waals surface area contributed by atoms with Crippen molar-refractivity contribution < 1.29 is 8.42 Å². The van der Waals surface area contributed by atoms with Crippen LogP contribution in [0, 0.1) is 0 Å². The molecule has 2 aliphatic heterocycles. The van der Waals surface area contributed by atoms with Crippen LogP contribution in [0.5, 0.6) is 0 Å². The highest BCUT2D eigenvalue weighted by Crippen LogP contribution is 2.34. The number of aromatic nitrogens is 4. The van der Waals surface area contributed by atoms with E-state index >= 15 is 0 Å². The summed E-state index contributed by atoms with van der Waals surface area (Å²) in [7, 11) is -1.52. The normalized spacial score (nSPS) is 18.4. The summed E-state index contributed by atoms with van der Waals surface area (Å²) in [5.74, 6) is 2.42. The number of hydrogen-bond acceptors (Lipinski definition) is 4. The van der Waals surface area contributed by atoms with Crippen LogP contribution in [0.1, 0.15) is 43.3 Å². The first-order chi connectivity index (χ1) is 15.5. The number of aryl methyl sites for hydroxylation is 2. The maximum absolute atomic E-state index is 13.5. The standard InChI is InChI=1S/C24H27N5O2S/c1-27-21-7-3-2-6-19(21)20-16-18(9-10-22(20)27)32(30,31)28-14-11-17(12-15-28)24-26-25-23-8-4-5-13-29(23)24/h2-3,6-7,9-10,16-17H,4-5,8,11-15H2,1H3. The predicted octanol–water partition coefficient (Wildman–Crippen LogP) is 3.83. The van der Waals surface area contributed by atoms with Crippen LogP contribution in [0.25, 0.3) is 21.8 Å². The average Bonchev–Trinajstić information content (AvgIpc) is 3.39. The van der Waals surface area contributed by atoms with Crippen molar-refractivity contribution in [1.82, 2.24) is 23.6 Å². The van der Waals surface area contributed by atoms with Gasteiger partial charge in [0.25, 0.3) is 0 Å². The second kappa shape index (κ2) is 7.42. The molecule has 0 unspecified atom stereocenters. The Morgan fingerprint density at radius 1 is 0.906 bits per heavy atom. The molecule has 2 aromatic carbocycles. The van der Waals surface area contributed by atoms with Crippen LogP contribution in [0.4, 0.5) is 0 Å². The summed E-state index contributed by atoms with van der Waals surface area (Å²) >= 11 is 0. The van der Waals surface area contributed by atoms with E-state index in [0.29, 0.717) is 18.0 Å². The highest BCUT2D eigenvalue weighted by atomic mass is 32.2. The van der Waals surface area contributed by atoms with Crippen LogP contribution in [-0.4, -0.2) is 45.1 Å². The van der Waals surface area contributed by atoms with Crippen molar-refractivity contribution in [3.05, 3.63) is 54.1 Å². The fourth-order valence-electron chi connectivity index (χ4n) is 5.44. The van der Waals surface area contributed by atoms with Gasteiger partial charge >= 0.3 is 0 Å². The van der Waals surface area contributed by atoms with Crippen molar-refractivity contribution in [2.45, 2.75) is 49.5 Å². The predicted molar refractivity (Wildman–Crippen MR) is 124 cm³/mol. The second-order valence-electron chi connectivity index (χ2n) is 9.02. The summed E-state index contributed by atoms with van der Waals surface area (Å²) in [6.45, 7) is 2.02. The molecule has 0 saturated carbocycles. The van der Waals surface area contributed by atoms with Gasteiger partial charge in [0.1, 0.15) is 11.6 Å². The molecule has 0 N–H and O–H groups in total. The summed E-state index contributed by atoms with van der Waals surface area (Å²) in [5, 5.41) is 10.9. The Morgan fingerprint density at radius 3 is 2.53 bits per heavy atom. The van der Waals surface area contributed by atoms with Crippen molar-refractivity contribution in [3.63, 3.8) is 0 Å². The number of rotatable bonds is 3. The van der Waals surface area contributed by atoms with E-state index in [0.717, 1.165) is 59.3 Å². The Morgan fingerprint density at radius 2 is 1.69 bits per heavy atom. The number of hydrogen-bond donors (Lipinski definition) is 0. The highest BCUT2D eigenvalue weighted by molar-refractivity contribution is 7.89. The molecule has 4 heterocycles. The number of benzene rings is 2. The molecule has 1 saturated heterocycles. The molecule has 0 aliphatic carbocycles. The van der Waals surface area contributed by atoms with E-state index in [4.69, 9.17) is 0 Å². The minimum Gasteiger partial charge on any atom is -0.344 e. The van der Waals surface area contributed by atoms with Crippen molar-refractivity contribution in [2.24, 2.45) is 7.05 Å². The maximum Gasteiger partial charge on any atom is 0.243 e. The number of sulfonamides is 1. The van der Waals surface area contributed by atoms with Crippen LogP contribution in [0.15, 0.2) is 47.4 Å². The summed E-state index contributed by atoms with van der Waals surface area (Å²) < 4.78 is 33.0. The van der Waals surface area contributed by atoms with Crippen LogP contribution in [0.3, 0.4) is 0 Å². The molecular formula is C24H27N5O2S. The Kier molecular flexibility index (Phi) is 4.62. The van der Waals surface area contributed by atoms with Gasteiger partial charge in [0, 0.05) is 60.8 Å². The van der Waals surface area contributed by atoms with Gasteiger partial charge in [0.15, 0.2) is 0 Å². The molecule has 0 atom stereocenters. The third kappa shape index (κ3) is 3.00. The molecule has 166 valence electrons. The minimum absolute atomic E-state index is 0.279. The van der Waals surface area contributed by atoms with Gasteiger partial charge < -0.3 is 9.13 Å². The van der Waals surface area contributed by atoms with Gasteiger partial charge in [-0.3, -0.25) is 0 Å². The summed E-state index contributed by atoms with van der Waals surface area (Å²) in [4.78, 5) is 0.375. The van der Waals surface area contributed by atoms with E-state index in [1.165, 1.54) is 12.8 Å². The van der Waals surface area contributed by atoms with Crippen LogP contribution in [0.2, 0.25) is 0 Å². The minimum atomic E-state index is -3.54.